The molecule has 1 fully saturated rings. The third-order valence-corrected chi connectivity index (χ3v) is 3.70. The lowest BCUT2D eigenvalue weighted by Crippen LogP contribution is -2.22. The van der Waals surface area contributed by atoms with Crippen molar-refractivity contribution in [3.8, 4) is 0 Å². The van der Waals surface area contributed by atoms with E-state index in [0.717, 1.165) is 11.4 Å². The van der Waals surface area contributed by atoms with Gasteiger partial charge in [0.15, 0.2) is 0 Å². The van der Waals surface area contributed by atoms with E-state index in [-0.39, 0.29) is 0 Å². The van der Waals surface area contributed by atoms with E-state index in [1.54, 1.807) is 0 Å². The Hall–Kier alpha value is -1.37. The second-order valence-corrected chi connectivity index (χ2v) is 5.03. The monoisotopic (exact) mass is 263 g/mol. The van der Waals surface area contributed by atoms with Crippen LogP contribution in [-0.2, 0) is 14.6 Å². The molecule has 3 rings (SSSR count). The van der Waals surface area contributed by atoms with Crippen molar-refractivity contribution in [3.63, 3.8) is 0 Å². The van der Waals surface area contributed by atoms with Crippen LogP contribution in [-0.4, -0.2) is 28.4 Å². The second kappa shape index (κ2) is 4.72. The van der Waals surface area contributed by atoms with Crippen LogP contribution in [0.1, 0.15) is 11.4 Å². The van der Waals surface area contributed by atoms with Crippen molar-refractivity contribution in [1.29, 1.82) is 0 Å². The fraction of sp³-hybridized carbons (Fsp3) is 0.333. The van der Waals surface area contributed by atoms with Gasteiger partial charge < -0.3 is 9.47 Å². The molecule has 0 radical (unpaired) electrons. The number of rotatable bonds is 3. The van der Waals surface area contributed by atoms with E-state index in [2.05, 4.69) is 15.2 Å². The van der Waals surface area contributed by atoms with Gasteiger partial charge in [-0.3, -0.25) is 5.10 Å². The van der Waals surface area contributed by atoms with E-state index in [9.17, 15) is 0 Å². The van der Waals surface area contributed by atoms with Crippen LogP contribution in [0.4, 0.5) is 0 Å². The Balaban J connectivity index is 1.92. The van der Waals surface area contributed by atoms with Gasteiger partial charge in [0.1, 0.15) is 5.82 Å². The minimum absolute atomic E-state index is 0.575. The van der Waals surface area contributed by atoms with Gasteiger partial charge in [-0.15, -0.1) is 5.10 Å². The number of hydrogen-bond acceptors (Lipinski definition) is 5. The summed E-state index contributed by atoms with van der Waals surface area (Å²) < 4.78 is 11.6. The molecule has 1 aliphatic heterocycles. The largest absolute Gasteiger partial charge is 0.335 e. The number of ether oxygens (including phenoxy) is 2. The average Bonchev–Trinajstić information content (AvgIpc) is 3.01. The van der Waals surface area contributed by atoms with Crippen LogP contribution < -0.4 is 0 Å². The highest BCUT2D eigenvalue weighted by molar-refractivity contribution is 7.99. The van der Waals surface area contributed by atoms with E-state index in [4.69, 9.17) is 9.47 Å². The van der Waals surface area contributed by atoms with Crippen LogP contribution in [0.5, 0.6) is 0 Å². The van der Waals surface area contributed by atoms with Gasteiger partial charge in [-0.25, -0.2) is 4.98 Å². The quantitative estimate of drug-likeness (QED) is 0.918. The van der Waals surface area contributed by atoms with Gasteiger partial charge in [-0.2, -0.15) is 0 Å². The zero-order valence-electron chi connectivity index (χ0n) is 9.92. The molecule has 0 saturated carbocycles. The Kier molecular flexibility index (Phi) is 3.07. The van der Waals surface area contributed by atoms with Gasteiger partial charge in [0.2, 0.25) is 5.16 Å². The zero-order chi connectivity index (χ0) is 12.4. The van der Waals surface area contributed by atoms with Gasteiger partial charge >= 0.3 is 0 Å². The van der Waals surface area contributed by atoms with Crippen molar-refractivity contribution in [2.45, 2.75) is 17.2 Å². The molecule has 18 heavy (non-hydrogen) atoms. The number of aromatic amines is 1. The fourth-order valence-electron chi connectivity index (χ4n) is 1.81. The maximum Gasteiger partial charge on any atom is 0.253 e. The summed E-state index contributed by atoms with van der Waals surface area (Å²) in [5, 5.41) is 6.73. The average molecular weight is 263 g/mol. The standard InChI is InChI=1S/C12H13N3O2S/c1-9-13-11(15-14-9)18-12(16-7-8-17-12)10-5-3-2-4-6-10/h2-6H,7-8H2,1H3,(H,13,14,15). The first-order valence-corrected chi connectivity index (χ1v) is 6.52. The van der Waals surface area contributed by atoms with E-state index < -0.39 is 5.12 Å². The molecule has 0 amide bonds. The van der Waals surface area contributed by atoms with Crippen molar-refractivity contribution in [2.75, 3.05) is 13.2 Å². The number of nitrogens with one attached hydrogen (secondary N) is 1. The molecule has 2 heterocycles. The lowest BCUT2D eigenvalue weighted by atomic mass is 10.2. The molecule has 94 valence electrons. The first kappa shape index (κ1) is 11.7. The van der Waals surface area contributed by atoms with Crippen molar-refractivity contribution >= 4 is 11.8 Å². The van der Waals surface area contributed by atoms with Gasteiger partial charge in [-0.1, -0.05) is 30.3 Å². The van der Waals surface area contributed by atoms with E-state index >= 15 is 0 Å². The van der Waals surface area contributed by atoms with E-state index in [1.165, 1.54) is 11.8 Å². The SMILES string of the molecule is Cc1nc(SC2(c3ccccc3)OCCO2)n[nH]1. The Bertz CT molecular complexity index is 523. The first-order chi connectivity index (χ1) is 8.78. The van der Waals surface area contributed by atoms with Crippen LogP contribution in [0.2, 0.25) is 0 Å². The summed E-state index contributed by atoms with van der Waals surface area (Å²) in [6.45, 7) is 3.01. The number of aromatic nitrogens is 3. The van der Waals surface area contributed by atoms with Crippen LogP contribution in [0.3, 0.4) is 0 Å². The molecule has 1 aliphatic rings. The van der Waals surface area contributed by atoms with E-state index in [1.807, 2.05) is 37.3 Å². The highest BCUT2D eigenvalue weighted by Gasteiger charge is 2.41. The molecule has 0 bridgehead atoms. The maximum atomic E-state index is 5.79. The minimum Gasteiger partial charge on any atom is -0.335 e. The highest BCUT2D eigenvalue weighted by atomic mass is 32.2. The van der Waals surface area contributed by atoms with Crippen molar-refractivity contribution in [3.05, 3.63) is 41.7 Å². The molecule has 1 aromatic carbocycles. The Morgan fingerprint density at radius 1 is 1.22 bits per heavy atom. The number of nitrogens with zero attached hydrogens (tertiary/aromatic N) is 2. The number of aryl methyl sites for hydroxylation is 1. The molecule has 2 aromatic rings. The first-order valence-electron chi connectivity index (χ1n) is 5.70. The summed E-state index contributed by atoms with van der Waals surface area (Å²) >= 11 is 1.37. The van der Waals surface area contributed by atoms with Crippen molar-refractivity contribution < 1.29 is 9.47 Å². The van der Waals surface area contributed by atoms with Crippen LogP contribution in [0, 0.1) is 6.92 Å². The summed E-state index contributed by atoms with van der Waals surface area (Å²) in [5.74, 6) is 0.777. The number of hydrogen-bond donors (Lipinski definition) is 1. The van der Waals surface area contributed by atoms with Crippen LogP contribution in [0.15, 0.2) is 35.5 Å². The summed E-state index contributed by atoms with van der Waals surface area (Å²) in [6.07, 6.45) is 0. The Morgan fingerprint density at radius 3 is 2.56 bits per heavy atom. The molecule has 1 N–H and O–H groups in total. The lowest BCUT2D eigenvalue weighted by molar-refractivity contribution is -0.0817. The van der Waals surface area contributed by atoms with Crippen molar-refractivity contribution in [2.24, 2.45) is 0 Å². The molecule has 0 spiro atoms. The van der Waals surface area contributed by atoms with Gasteiger partial charge in [0.05, 0.1) is 13.2 Å². The summed E-state index contributed by atoms with van der Waals surface area (Å²) in [5.41, 5.74) is 0.968. The fourth-order valence-corrected chi connectivity index (χ4v) is 2.86. The number of thioether (sulfide) groups is 1. The number of benzene rings is 1. The minimum atomic E-state index is -0.824. The third kappa shape index (κ3) is 2.14. The summed E-state index contributed by atoms with van der Waals surface area (Å²) in [7, 11) is 0. The van der Waals surface area contributed by atoms with Crippen LogP contribution >= 0.6 is 11.8 Å². The zero-order valence-corrected chi connectivity index (χ0v) is 10.7. The lowest BCUT2D eigenvalue weighted by Gasteiger charge is -2.25. The molecule has 1 aromatic heterocycles. The summed E-state index contributed by atoms with van der Waals surface area (Å²) in [6, 6.07) is 9.86. The maximum absolute atomic E-state index is 5.79. The molecule has 1 saturated heterocycles. The Morgan fingerprint density at radius 2 is 1.94 bits per heavy atom. The Labute approximate surface area is 109 Å². The molecule has 0 atom stereocenters. The molecule has 0 aliphatic carbocycles. The molecule has 0 unspecified atom stereocenters. The molecular formula is C12H13N3O2S. The van der Waals surface area contributed by atoms with Gasteiger partial charge in [-0.05, 0) is 18.7 Å². The smallest absolute Gasteiger partial charge is 0.253 e. The normalized spacial score (nSPS) is 18.1. The van der Waals surface area contributed by atoms with Gasteiger partial charge in [0.25, 0.3) is 5.12 Å². The van der Waals surface area contributed by atoms with Crippen LogP contribution in [0.25, 0.3) is 0 Å². The van der Waals surface area contributed by atoms with Gasteiger partial charge in [0, 0.05) is 5.56 Å². The molecule has 6 heteroatoms. The highest BCUT2D eigenvalue weighted by Crippen LogP contribution is 2.44. The third-order valence-electron chi connectivity index (χ3n) is 2.60. The molecular weight excluding hydrogens is 250 g/mol. The number of H-pyrrole nitrogens is 1. The topological polar surface area (TPSA) is 60.0 Å². The predicted molar refractivity (Wildman–Crippen MR) is 67.0 cm³/mol. The summed E-state index contributed by atoms with van der Waals surface area (Å²) in [4.78, 5) is 4.28. The second-order valence-electron chi connectivity index (χ2n) is 3.92. The van der Waals surface area contributed by atoms with E-state index in [0.29, 0.717) is 18.4 Å². The van der Waals surface area contributed by atoms with Crippen molar-refractivity contribution in [1.82, 2.24) is 15.2 Å². The predicted octanol–water partition coefficient (Wildman–Crippen LogP) is 2.06. The molecule has 5 nitrogen and oxygen atoms in total.